The monoisotopic (exact) mass is 517 g/mol. The number of rotatable bonds is 8. The molecule has 1 amide bonds. The van der Waals surface area contributed by atoms with Crippen molar-refractivity contribution >= 4 is 41.5 Å². The van der Waals surface area contributed by atoms with Gasteiger partial charge in [0, 0.05) is 50.9 Å². The van der Waals surface area contributed by atoms with Crippen LogP contribution in [0.2, 0.25) is 0 Å². The van der Waals surface area contributed by atoms with Crippen LogP contribution in [-0.4, -0.2) is 62.2 Å². The zero-order valence-electron chi connectivity index (χ0n) is 18.1. The van der Waals surface area contributed by atoms with E-state index in [1.54, 1.807) is 7.05 Å². The molecule has 0 aromatic heterocycles. The Bertz CT molecular complexity index is 660. The van der Waals surface area contributed by atoms with Gasteiger partial charge in [-0.1, -0.05) is 19.1 Å². The maximum absolute atomic E-state index is 11.8. The number of morpholine rings is 1. The number of ether oxygens (including phenoxy) is 1. The molecular formula is C21H36IN5O2. The average Bonchev–Trinajstić information content (AvgIpc) is 2.69. The number of halogens is 1. The molecule has 0 bridgehead atoms. The Morgan fingerprint density at radius 1 is 1.24 bits per heavy atom. The van der Waals surface area contributed by atoms with Gasteiger partial charge in [0.25, 0.3) is 0 Å². The number of hydrogen-bond donors (Lipinski definition) is 3. The highest BCUT2D eigenvalue weighted by atomic mass is 127. The van der Waals surface area contributed by atoms with E-state index >= 15 is 0 Å². The van der Waals surface area contributed by atoms with Crippen molar-refractivity contribution in [1.29, 1.82) is 0 Å². The van der Waals surface area contributed by atoms with Crippen molar-refractivity contribution in [2.45, 2.75) is 45.7 Å². The second-order valence-electron chi connectivity index (χ2n) is 7.69. The number of anilines is 1. The van der Waals surface area contributed by atoms with Gasteiger partial charge in [-0.3, -0.25) is 14.7 Å². The molecule has 0 aliphatic carbocycles. The number of benzene rings is 1. The first kappa shape index (κ1) is 25.6. The summed E-state index contributed by atoms with van der Waals surface area (Å²) in [6, 6.07) is 7.89. The predicted molar refractivity (Wildman–Crippen MR) is 130 cm³/mol. The molecule has 0 radical (unpaired) electrons. The SMILES string of the molecule is CCCC(=O)Nc1cccc(CNC(=NC)NCC(C)(C)N2CCOCC2)c1.I. The van der Waals surface area contributed by atoms with Crippen molar-refractivity contribution in [1.82, 2.24) is 15.5 Å². The number of guanidine groups is 1. The van der Waals surface area contributed by atoms with Gasteiger partial charge in [0.05, 0.1) is 13.2 Å². The van der Waals surface area contributed by atoms with E-state index in [9.17, 15) is 4.79 Å². The van der Waals surface area contributed by atoms with Crippen molar-refractivity contribution in [3.8, 4) is 0 Å². The summed E-state index contributed by atoms with van der Waals surface area (Å²) in [5, 5.41) is 9.72. The van der Waals surface area contributed by atoms with E-state index in [1.807, 2.05) is 31.2 Å². The zero-order chi connectivity index (χ0) is 20.4. The molecule has 1 aliphatic rings. The Morgan fingerprint density at radius 3 is 2.62 bits per heavy atom. The molecule has 8 heteroatoms. The first-order chi connectivity index (χ1) is 13.4. The predicted octanol–water partition coefficient (Wildman–Crippen LogP) is 2.82. The van der Waals surface area contributed by atoms with Crippen LogP contribution in [0.25, 0.3) is 0 Å². The second kappa shape index (κ2) is 13.0. The standard InChI is InChI=1S/C21H35N5O2.HI/c1-5-7-19(27)25-18-9-6-8-17(14-18)15-23-20(22-4)24-16-21(2,3)26-10-12-28-13-11-26;/h6,8-9,14H,5,7,10-13,15-16H2,1-4H3,(H,25,27)(H2,22,23,24);1H. The Hall–Kier alpha value is -1.39. The highest BCUT2D eigenvalue weighted by molar-refractivity contribution is 14.0. The van der Waals surface area contributed by atoms with Crippen LogP contribution < -0.4 is 16.0 Å². The lowest BCUT2D eigenvalue weighted by atomic mass is 10.0. The van der Waals surface area contributed by atoms with Gasteiger partial charge in [-0.25, -0.2) is 0 Å². The number of carbonyl (C=O) groups is 1. The summed E-state index contributed by atoms with van der Waals surface area (Å²) in [7, 11) is 1.78. The average molecular weight is 517 g/mol. The molecule has 0 saturated carbocycles. The van der Waals surface area contributed by atoms with E-state index < -0.39 is 0 Å². The number of aliphatic imine (C=N–C) groups is 1. The minimum Gasteiger partial charge on any atom is -0.379 e. The van der Waals surface area contributed by atoms with Gasteiger partial charge in [-0.05, 0) is 38.0 Å². The van der Waals surface area contributed by atoms with Gasteiger partial charge in [0.1, 0.15) is 0 Å². The highest BCUT2D eigenvalue weighted by Crippen LogP contribution is 2.15. The highest BCUT2D eigenvalue weighted by Gasteiger charge is 2.28. The summed E-state index contributed by atoms with van der Waals surface area (Å²) in [6.45, 7) is 11.4. The molecule has 1 fully saturated rings. The van der Waals surface area contributed by atoms with Crippen molar-refractivity contribution in [3.63, 3.8) is 0 Å². The van der Waals surface area contributed by atoms with E-state index in [0.717, 1.165) is 56.5 Å². The lowest BCUT2D eigenvalue weighted by Gasteiger charge is -2.41. The number of hydrogen-bond acceptors (Lipinski definition) is 4. The summed E-state index contributed by atoms with van der Waals surface area (Å²) < 4.78 is 5.45. The Morgan fingerprint density at radius 2 is 1.97 bits per heavy atom. The van der Waals surface area contributed by atoms with Crippen molar-refractivity contribution in [3.05, 3.63) is 29.8 Å². The lowest BCUT2D eigenvalue weighted by molar-refractivity contribution is -0.116. The van der Waals surface area contributed by atoms with E-state index in [1.165, 1.54) is 0 Å². The molecule has 0 unspecified atom stereocenters. The molecular weight excluding hydrogens is 481 g/mol. The number of amides is 1. The molecule has 7 nitrogen and oxygen atoms in total. The summed E-state index contributed by atoms with van der Waals surface area (Å²) in [4.78, 5) is 18.5. The lowest BCUT2D eigenvalue weighted by Crippen LogP contribution is -2.56. The van der Waals surface area contributed by atoms with Crippen LogP contribution in [0.1, 0.15) is 39.2 Å². The number of nitrogens with one attached hydrogen (secondary N) is 3. The molecule has 29 heavy (non-hydrogen) atoms. The fourth-order valence-electron chi connectivity index (χ4n) is 3.20. The first-order valence-corrected chi connectivity index (χ1v) is 10.1. The molecule has 2 rings (SSSR count). The second-order valence-corrected chi connectivity index (χ2v) is 7.69. The molecule has 164 valence electrons. The van der Waals surface area contributed by atoms with Gasteiger partial charge in [-0.15, -0.1) is 24.0 Å². The van der Waals surface area contributed by atoms with Crippen LogP contribution in [0.3, 0.4) is 0 Å². The minimum atomic E-state index is 0. The number of carbonyl (C=O) groups excluding carboxylic acids is 1. The molecule has 1 aliphatic heterocycles. The third-order valence-corrected chi connectivity index (χ3v) is 4.93. The fraction of sp³-hybridized carbons (Fsp3) is 0.619. The molecule has 1 heterocycles. The minimum absolute atomic E-state index is 0. The largest absolute Gasteiger partial charge is 0.379 e. The Kier molecular flexibility index (Phi) is 11.5. The van der Waals surface area contributed by atoms with Crippen LogP contribution in [0.15, 0.2) is 29.3 Å². The van der Waals surface area contributed by atoms with Crippen LogP contribution in [0.5, 0.6) is 0 Å². The first-order valence-electron chi connectivity index (χ1n) is 10.1. The normalized spacial score (nSPS) is 15.4. The van der Waals surface area contributed by atoms with Crippen molar-refractivity contribution in [2.24, 2.45) is 4.99 Å². The molecule has 1 aromatic rings. The zero-order valence-corrected chi connectivity index (χ0v) is 20.4. The molecule has 1 aromatic carbocycles. The van der Waals surface area contributed by atoms with Gasteiger partial charge in [-0.2, -0.15) is 0 Å². The van der Waals surface area contributed by atoms with Gasteiger partial charge in [0.2, 0.25) is 5.91 Å². The van der Waals surface area contributed by atoms with Crippen molar-refractivity contribution < 1.29 is 9.53 Å². The summed E-state index contributed by atoms with van der Waals surface area (Å²) >= 11 is 0. The van der Waals surface area contributed by atoms with Crippen LogP contribution in [0, 0.1) is 0 Å². The van der Waals surface area contributed by atoms with Gasteiger partial charge in [0.15, 0.2) is 5.96 Å². The van der Waals surface area contributed by atoms with Crippen LogP contribution in [0.4, 0.5) is 5.69 Å². The summed E-state index contributed by atoms with van der Waals surface area (Å²) in [5.74, 6) is 0.817. The van der Waals surface area contributed by atoms with E-state index in [0.29, 0.717) is 13.0 Å². The van der Waals surface area contributed by atoms with Gasteiger partial charge >= 0.3 is 0 Å². The third kappa shape index (κ3) is 8.88. The molecule has 1 saturated heterocycles. The molecule has 3 N–H and O–H groups in total. The maximum atomic E-state index is 11.8. The quantitative estimate of drug-likeness (QED) is 0.281. The van der Waals surface area contributed by atoms with E-state index in [-0.39, 0.29) is 35.4 Å². The van der Waals surface area contributed by atoms with Crippen molar-refractivity contribution in [2.75, 3.05) is 45.2 Å². The van der Waals surface area contributed by atoms with E-state index in [2.05, 4.69) is 39.7 Å². The topological polar surface area (TPSA) is 78.0 Å². The molecule has 0 spiro atoms. The third-order valence-electron chi connectivity index (χ3n) is 4.93. The van der Waals surface area contributed by atoms with Crippen LogP contribution >= 0.6 is 24.0 Å². The van der Waals surface area contributed by atoms with E-state index in [4.69, 9.17) is 4.74 Å². The Labute approximate surface area is 192 Å². The summed E-state index contributed by atoms with van der Waals surface area (Å²) in [6.07, 6.45) is 1.38. The van der Waals surface area contributed by atoms with Crippen LogP contribution in [-0.2, 0) is 16.1 Å². The van der Waals surface area contributed by atoms with Gasteiger partial charge < -0.3 is 20.7 Å². The maximum Gasteiger partial charge on any atom is 0.224 e. The summed E-state index contributed by atoms with van der Waals surface area (Å²) in [5.41, 5.74) is 1.93. The number of nitrogens with zero attached hydrogens (tertiary/aromatic N) is 2. The molecule has 0 atom stereocenters. The smallest absolute Gasteiger partial charge is 0.224 e. The fourth-order valence-corrected chi connectivity index (χ4v) is 3.20. The Balaban J connectivity index is 0.00000420.